The Morgan fingerprint density at radius 2 is 2.39 bits per heavy atom. The molecule has 0 N–H and O–H groups in total. The molecule has 0 radical (unpaired) electrons. The van der Waals surface area contributed by atoms with Gasteiger partial charge in [-0.3, -0.25) is 0 Å². The van der Waals surface area contributed by atoms with E-state index < -0.39 is 0 Å². The summed E-state index contributed by atoms with van der Waals surface area (Å²) in [6.07, 6.45) is 0.950. The zero-order valence-corrected chi connectivity index (χ0v) is 10.9. The number of benzene rings is 1. The van der Waals surface area contributed by atoms with Crippen LogP contribution >= 0.6 is 11.6 Å². The first-order valence-electron chi connectivity index (χ1n) is 6.01. The van der Waals surface area contributed by atoms with Crippen molar-refractivity contribution in [2.75, 3.05) is 13.2 Å². The molecular weight excluding hydrogens is 255 g/mol. The van der Waals surface area contributed by atoms with Crippen molar-refractivity contribution >= 4 is 22.6 Å². The molecule has 2 aromatic rings. The van der Waals surface area contributed by atoms with Crippen LogP contribution in [0.15, 0.2) is 12.1 Å². The predicted molar refractivity (Wildman–Crippen MR) is 68.5 cm³/mol. The average molecular weight is 269 g/mol. The van der Waals surface area contributed by atoms with Gasteiger partial charge in [0.05, 0.1) is 29.6 Å². The quantitative estimate of drug-likeness (QED) is 0.782. The number of hydrogen-bond donors (Lipinski definition) is 0. The van der Waals surface area contributed by atoms with Crippen molar-refractivity contribution in [1.29, 1.82) is 0 Å². The summed E-state index contributed by atoms with van der Waals surface area (Å²) in [5.41, 5.74) is 2.24. The third-order valence-electron chi connectivity index (χ3n) is 3.43. The fourth-order valence-electron chi connectivity index (χ4n) is 2.50. The zero-order valence-electron chi connectivity index (χ0n) is 10.1. The van der Waals surface area contributed by atoms with E-state index >= 15 is 0 Å². The number of aromatic nitrogens is 2. The number of aryl methyl sites for hydroxylation is 1. The second-order valence-electron chi connectivity index (χ2n) is 4.64. The van der Waals surface area contributed by atoms with Crippen molar-refractivity contribution in [1.82, 2.24) is 9.55 Å². The molecule has 0 saturated carbocycles. The van der Waals surface area contributed by atoms with Crippen molar-refractivity contribution in [2.45, 2.75) is 25.3 Å². The van der Waals surface area contributed by atoms with Crippen LogP contribution in [-0.4, -0.2) is 22.8 Å². The Morgan fingerprint density at radius 3 is 3.06 bits per heavy atom. The zero-order chi connectivity index (χ0) is 12.7. The first kappa shape index (κ1) is 11.9. The Morgan fingerprint density at radius 1 is 1.56 bits per heavy atom. The molecule has 0 bridgehead atoms. The lowest BCUT2D eigenvalue weighted by molar-refractivity contribution is 0.187. The van der Waals surface area contributed by atoms with Gasteiger partial charge in [-0.2, -0.15) is 0 Å². The number of rotatable bonds is 2. The Kier molecular flexibility index (Phi) is 2.99. The molecule has 1 aliphatic heterocycles. The summed E-state index contributed by atoms with van der Waals surface area (Å²) in [6, 6.07) is 3.58. The van der Waals surface area contributed by atoms with Crippen LogP contribution in [0.2, 0.25) is 0 Å². The maximum atomic E-state index is 13.6. The summed E-state index contributed by atoms with van der Waals surface area (Å²) in [6.45, 7) is 3.19. The Labute approximate surface area is 110 Å². The van der Waals surface area contributed by atoms with Crippen molar-refractivity contribution in [2.24, 2.45) is 0 Å². The highest BCUT2D eigenvalue weighted by atomic mass is 35.5. The fourth-order valence-corrected chi connectivity index (χ4v) is 2.69. The minimum absolute atomic E-state index is 0.226. The van der Waals surface area contributed by atoms with Gasteiger partial charge >= 0.3 is 0 Å². The molecule has 3 rings (SSSR count). The predicted octanol–water partition coefficient (Wildman–Crippen LogP) is 3.18. The Hall–Kier alpha value is -1.13. The number of imidazole rings is 1. The first-order valence-corrected chi connectivity index (χ1v) is 6.55. The van der Waals surface area contributed by atoms with Gasteiger partial charge in [0.2, 0.25) is 0 Å². The molecule has 0 spiro atoms. The summed E-state index contributed by atoms with van der Waals surface area (Å²) in [5, 5.41) is 0. The van der Waals surface area contributed by atoms with Gasteiger partial charge < -0.3 is 9.30 Å². The molecule has 2 heterocycles. The average Bonchev–Trinajstić information content (AvgIpc) is 2.96. The maximum Gasteiger partial charge on any atom is 0.128 e. The molecule has 1 fully saturated rings. The molecule has 1 aromatic heterocycles. The number of ether oxygens (including phenoxy) is 1. The van der Waals surface area contributed by atoms with E-state index in [1.165, 1.54) is 6.07 Å². The van der Waals surface area contributed by atoms with E-state index in [2.05, 4.69) is 9.55 Å². The number of halogens is 2. The summed E-state index contributed by atoms with van der Waals surface area (Å²) in [7, 11) is 0. The second kappa shape index (κ2) is 4.52. The molecule has 1 aromatic carbocycles. The van der Waals surface area contributed by atoms with Gasteiger partial charge in [-0.15, -0.1) is 11.6 Å². The molecule has 1 saturated heterocycles. The van der Waals surface area contributed by atoms with E-state index in [1.54, 1.807) is 6.92 Å². The highest BCUT2D eigenvalue weighted by Crippen LogP contribution is 2.29. The van der Waals surface area contributed by atoms with Crippen LogP contribution in [0, 0.1) is 12.7 Å². The van der Waals surface area contributed by atoms with E-state index in [-0.39, 0.29) is 11.9 Å². The molecule has 5 heteroatoms. The van der Waals surface area contributed by atoms with Gasteiger partial charge in [-0.25, -0.2) is 9.37 Å². The van der Waals surface area contributed by atoms with Crippen molar-refractivity contribution < 1.29 is 9.13 Å². The Bertz CT molecular complexity index is 590. The lowest BCUT2D eigenvalue weighted by Gasteiger charge is -2.14. The highest BCUT2D eigenvalue weighted by Gasteiger charge is 2.23. The fraction of sp³-hybridized carbons (Fsp3) is 0.462. The van der Waals surface area contributed by atoms with Crippen LogP contribution in [0.25, 0.3) is 11.0 Å². The van der Waals surface area contributed by atoms with E-state index in [1.807, 2.05) is 6.07 Å². The summed E-state index contributed by atoms with van der Waals surface area (Å²) in [5.74, 6) is 0.884. The third-order valence-corrected chi connectivity index (χ3v) is 3.67. The largest absolute Gasteiger partial charge is 0.379 e. The molecule has 1 aliphatic rings. The Balaban J connectivity index is 2.23. The lowest BCUT2D eigenvalue weighted by Crippen LogP contribution is -2.11. The van der Waals surface area contributed by atoms with Crippen LogP contribution in [0.5, 0.6) is 0 Å². The van der Waals surface area contributed by atoms with Gasteiger partial charge in [0.25, 0.3) is 0 Å². The van der Waals surface area contributed by atoms with Crippen molar-refractivity contribution in [3.63, 3.8) is 0 Å². The molecule has 18 heavy (non-hydrogen) atoms. The lowest BCUT2D eigenvalue weighted by atomic mass is 10.2. The van der Waals surface area contributed by atoms with Crippen LogP contribution < -0.4 is 0 Å². The number of hydrogen-bond acceptors (Lipinski definition) is 2. The highest BCUT2D eigenvalue weighted by molar-refractivity contribution is 6.16. The van der Waals surface area contributed by atoms with Gasteiger partial charge in [0, 0.05) is 12.7 Å². The third kappa shape index (κ3) is 1.80. The van der Waals surface area contributed by atoms with Crippen LogP contribution in [-0.2, 0) is 10.6 Å². The smallest absolute Gasteiger partial charge is 0.128 e. The monoisotopic (exact) mass is 268 g/mol. The van der Waals surface area contributed by atoms with Crippen LogP contribution in [0.3, 0.4) is 0 Å². The topological polar surface area (TPSA) is 27.1 Å². The van der Waals surface area contributed by atoms with E-state index in [0.717, 1.165) is 24.4 Å². The number of nitrogens with zero attached hydrogens (tertiary/aromatic N) is 2. The van der Waals surface area contributed by atoms with Crippen LogP contribution in [0.1, 0.15) is 23.9 Å². The molecule has 0 aliphatic carbocycles. The normalized spacial score (nSPS) is 19.8. The van der Waals surface area contributed by atoms with Gasteiger partial charge in [-0.05, 0) is 25.0 Å². The maximum absolute atomic E-state index is 13.6. The van der Waals surface area contributed by atoms with Gasteiger partial charge in [-0.1, -0.05) is 0 Å². The standard InChI is InChI=1S/C13H14ClFN2O/c1-8-4-12-11(5-10(8)15)16-13(6-14)17(12)9-2-3-18-7-9/h4-5,9H,2-3,6-7H2,1H3. The number of alkyl halides is 1. The summed E-state index contributed by atoms with van der Waals surface area (Å²) in [4.78, 5) is 4.41. The first-order chi connectivity index (χ1) is 8.70. The van der Waals surface area contributed by atoms with E-state index in [9.17, 15) is 4.39 Å². The molecule has 1 atom stereocenters. The van der Waals surface area contributed by atoms with Crippen molar-refractivity contribution in [3.8, 4) is 0 Å². The molecule has 0 amide bonds. The van der Waals surface area contributed by atoms with Crippen molar-refractivity contribution in [3.05, 3.63) is 29.3 Å². The molecular formula is C13H14ClFN2O. The SMILES string of the molecule is Cc1cc2c(cc1F)nc(CCl)n2C1CCOC1. The summed E-state index contributed by atoms with van der Waals surface area (Å²) < 4.78 is 21.1. The summed E-state index contributed by atoms with van der Waals surface area (Å²) >= 11 is 5.94. The second-order valence-corrected chi connectivity index (χ2v) is 4.91. The molecule has 1 unspecified atom stereocenters. The molecule has 3 nitrogen and oxygen atoms in total. The minimum Gasteiger partial charge on any atom is -0.379 e. The molecule has 96 valence electrons. The van der Waals surface area contributed by atoms with Gasteiger partial charge in [0.1, 0.15) is 11.6 Å². The van der Waals surface area contributed by atoms with E-state index in [4.69, 9.17) is 16.3 Å². The van der Waals surface area contributed by atoms with E-state index in [0.29, 0.717) is 23.6 Å². The van der Waals surface area contributed by atoms with Gasteiger partial charge in [0.15, 0.2) is 0 Å². The minimum atomic E-state index is -0.226. The number of fused-ring (bicyclic) bond motifs is 1. The van der Waals surface area contributed by atoms with Crippen LogP contribution in [0.4, 0.5) is 4.39 Å².